The fourth-order valence-electron chi connectivity index (χ4n) is 3.28. The topological polar surface area (TPSA) is 105 Å². The maximum Gasteiger partial charge on any atom is 0.410 e. The number of methoxy groups -OCH3 is 1. The molecule has 1 aliphatic heterocycles. The minimum Gasteiger partial charge on any atom is -0.465 e. The molecule has 1 aliphatic rings. The number of benzene rings is 1. The number of hydrogen-bond donors (Lipinski definition) is 1. The van der Waals surface area contributed by atoms with E-state index in [1.54, 1.807) is 23.1 Å². The van der Waals surface area contributed by atoms with Gasteiger partial charge in [-0.15, -0.1) is 0 Å². The highest BCUT2D eigenvalue weighted by atomic mass is 16.6. The van der Waals surface area contributed by atoms with Gasteiger partial charge >= 0.3 is 12.1 Å². The number of hydrogen-bond acceptors (Lipinski definition) is 7. The Morgan fingerprint density at radius 2 is 1.97 bits per heavy atom. The zero-order chi connectivity index (χ0) is 21.3. The minimum atomic E-state index is -0.564. The van der Waals surface area contributed by atoms with Crippen LogP contribution in [0.25, 0.3) is 11.0 Å². The third-order valence-corrected chi connectivity index (χ3v) is 4.65. The van der Waals surface area contributed by atoms with Gasteiger partial charge in [0.15, 0.2) is 5.82 Å². The van der Waals surface area contributed by atoms with Gasteiger partial charge < -0.3 is 24.3 Å². The van der Waals surface area contributed by atoms with Gasteiger partial charge in [-0.25, -0.2) is 14.6 Å². The number of rotatable bonds is 2. The summed E-state index contributed by atoms with van der Waals surface area (Å²) < 4.78 is 10.2. The van der Waals surface area contributed by atoms with Gasteiger partial charge in [0.25, 0.3) is 5.56 Å². The molecule has 0 radical (unpaired) electrons. The highest BCUT2D eigenvalue weighted by molar-refractivity contribution is 5.93. The summed E-state index contributed by atoms with van der Waals surface area (Å²) >= 11 is 0. The van der Waals surface area contributed by atoms with E-state index in [4.69, 9.17) is 9.47 Å². The van der Waals surface area contributed by atoms with Crippen LogP contribution in [0, 0.1) is 0 Å². The molecule has 1 fully saturated rings. The van der Waals surface area contributed by atoms with Crippen molar-refractivity contribution < 1.29 is 19.1 Å². The first-order valence-electron chi connectivity index (χ1n) is 9.46. The molecule has 1 atom stereocenters. The Hall–Kier alpha value is -3.10. The fourth-order valence-corrected chi connectivity index (χ4v) is 3.28. The molecule has 9 heteroatoms. The Kier molecular flexibility index (Phi) is 5.50. The second-order valence-corrected chi connectivity index (χ2v) is 8.08. The molecular weight excluding hydrogens is 376 g/mol. The number of carbonyl (C=O) groups is 2. The molecule has 1 aromatic carbocycles. The highest BCUT2D eigenvalue weighted by Crippen LogP contribution is 2.20. The minimum absolute atomic E-state index is 0.133. The highest BCUT2D eigenvalue weighted by Gasteiger charge is 2.31. The molecule has 3 rings (SSSR count). The van der Waals surface area contributed by atoms with Crippen molar-refractivity contribution in [3.05, 3.63) is 34.1 Å². The van der Waals surface area contributed by atoms with E-state index < -0.39 is 11.6 Å². The zero-order valence-corrected chi connectivity index (χ0v) is 17.3. The summed E-state index contributed by atoms with van der Waals surface area (Å²) in [5.74, 6) is -0.211. The molecule has 1 N–H and O–H groups in total. The number of fused-ring (bicyclic) bond motifs is 1. The van der Waals surface area contributed by atoms with Gasteiger partial charge in [-0.05, 0) is 45.9 Å². The van der Waals surface area contributed by atoms with Crippen LogP contribution in [0.5, 0.6) is 0 Å². The lowest BCUT2D eigenvalue weighted by atomic mass is 10.1. The van der Waals surface area contributed by atoms with Gasteiger partial charge in [0.2, 0.25) is 0 Å². The van der Waals surface area contributed by atoms with Crippen LogP contribution in [-0.4, -0.2) is 65.3 Å². The molecule has 0 bridgehead atoms. The van der Waals surface area contributed by atoms with Crippen LogP contribution in [0.4, 0.5) is 10.6 Å². The number of amides is 1. The zero-order valence-electron chi connectivity index (χ0n) is 17.3. The van der Waals surface area contributed by atoms with Crippen molar-refractivity contribution in [1.82, 2.24) is 14.9 Å². The maximum atomic E-state index is 12.6. The van der Waals surface area contributed by atoms with Gasteiger partial charge in [-0.3, -0.25) is 4.79 Å². The molecule has 1 amide bonds. The molecule has 0 saturated carbocycles. The largest absolute Gasteiger partial charge is 0.465 e. The van der Waals surface area contributed by atoms with E-state index in [0.717, 1.165) is 0 Å². The normalized spacial score (nSPS) is 17.3. The quantitative estimate of drug-likeness (QED) is 0.768. The van der Waals surface area contributed by atoms with Crippen molar-refractivity contribution >= 4 is 28.9 Å². The van der Waals surface area contributed by atoms with E-state index >= 15 is 0 Å². The van der Waals surface area contributed by atoms with E-state index in [1.807, 2.05) is 32.6 Å². The molecule has 0 aliphatic carbocycles. The number of nitrogens with zero attached hydrogens (tertiary/aromatic N) is 3. The van der Waals surface area contributed by atoms with Crippen LogP contribution in [0.1, 0.15) is 38.1 Å². The number of carbonyl (C=O) groups excluding carboxylic acids is 2. The number of anilines is 1. The van der Waals surface area contributed by atoms with Crippen LogP contribution in [-0.2, 0) is 9.47 Å². The van der Waals surface area contributed by atoms with Gasteiger partial charge in [0, 0.05) is 25.7 Å². The van der Waals surface area contributed by atoms with Crippen LogP contribution in [0.15, 0.2) is 23.0 Å². The second kappa shape index (κ2) is 7.73. The number of ether oxygens (including phenoxy) is 2. The van der Waals surface area contributed by atoms with Crippen molar-refractivity contribution in [2.75, 3.05) is 31.6 Å². The Morgan fingerprint density at radius 1 is 1.24 bits per heavy atom. The molecule has 29 heavy (non-hydrogen) atoms. The molecule has 1 aromatic heterocycles. The van der Waals surface area contributed by atoms with E-state index in [2.05, 4.69) is 9.97 Å². The fraction of sp³-hybridized carbons (Fsp3) is 0.500. The standard InChI is InChI=1S/C20H26N4O5/c1-12-11-23(19(27)29-20(2,3)4)8-9-24(12)16-17(25)22-14-7-6-13(18(26)28-5)10-15(14)21-16/h6-7,10,12H,8-9,11H2,1-5H3,(H,22,25)/t12-/m0/s1. The number of aromatic nitrogens is 2. The van der Waals surface area contributed by atoms with Crippen LogP contribution >= 0.6 is 0 Å². The van der Waals surface area contributed by atoms with Crippen molar-refractivity contribution in [2.45, 2.75) is 39.3 Å². The van der Waals surface area contributed by atoms with Gasteiger partial charge in [-0.1, -0.05) is 0 Å². The molecule has 2 heterocycles. The van der Waals surface area contributed by atoms with Gasteiger partial charge in [-0.2, -0.15) is 0 Å². The summed E-state index contributed by atoms with van der Waals surface area (Å²) in [7, 11) is 1.31. The molecule has 0 unspecified atom stereocenters. The summed E-state index contributed by atoms with van der Waals surface area (Å²) in [6, 6.07) is 4.66. The monoisotopic (exact) mass is 402 g/mol. The summed E-state index contributed by atoms with van der Waals surface area (Å²) in [6.45, 7) is 8.67. The van der Waals surface area contributed by atoms with Crippen LogP contribution in [0.3, 0.4) is 0 Å². The maximum absolute atomic E-state index is 12.6. The van der Waals surface area contributed by atoms with Crippen molar-refractivity contribution in [3.8, 4) is 0 Å². The summed E-state index contributed by atoms with van der Waals surface area (Å²) in [5.41, 5.74) is 0.496. The summed E-state index contributed by atoms with van der Waals surface area (Å²) in [6.07, 6.45) is -0.368. The van der Waals surface area contributed by atoms with Gasteiger partial charge in [0.05, 0.1) is 23.7 Å². The van der Waals surface area contributed by atoms with Crippen molar-refractivity contribution in [1.29, 1.82) is 0 Å². The third kappa shape index (κ3) is 4.49. The average molecular weight is 402 g/mol. The predicted octanol–water partition coefficient (Wildman–Crippen LogP) is 2.16. The summed E-state index contributed by atoms with van der Waals surface area (Å²) in [5, 5.41) is 0. The number of nitrogens with one attached hydrogen (secondary N) is 1. The lowest BCUT2D eigenvalue weighted by Crippen LogP contribution is -2.55. The number of aromatic amines is 1. The average Bonchev–Trinajstić information content (AvgIpc) is 2.65. The first kappa shape index (κ1) is 20.6. The van der Waals surface area contributed by atoms with Gasteiger partial charge in [0.1, 0.15) is 5.60 Å². The third-order valence-electron chi connectivity index (χ3n) is 4.65. The Balaban J connectivity index is 1.85. The lowest BCUT2D eigenvalue weighted by Gasteiger charge is -2.40. The second-order valence-electron chi connectivity index (χ2n) is 8.08. The molecule has 0 spiro atoms. The molecule has 2 aromatic rings. The van der Waals surface area contributed by atoms with E-state index in [-0.39, 0.29) is 23.5 Å². The Morgan fingerprint density at radius 3 is 2.59 bits per heavy atom. The molecule has 156 valence electrons. The van der Waals surface area contributed by atoms with Crippen molar-refractivity contribution in [3.63, 3.8) is 0 Å². The molecule has 1 saturated heterocycles. The van der Waals surface area contributed by atoms with E-state index in [1.165, 1.54) is 7.11 Å². The SMILES string of the molecule is COC(=O)c1ccc2[nH]c(=O)c(N3CCN(C(=O)OC(C)(C)C)C[C@@H]3C)nc2c1. The lowest BCUT2D eigenvalue weighted by molar-refractivity contribution is 0.0218. The first-order valence-corrected chi connectivity index (χ1v) is 9.46. The van der Waals surface area contributed by atoms with E-state index in [0.29, 0.717) is 36.2 Å². The predicted molar refractivity (Wildman–Crippen MR) is 108 cm³/mol. The molecule has 9 nitrogen and oxygen atoms in total. The number of esters is 1. The number of H-pyrrole nitrogens is 1. The van der Waals surface area contributed by atoms with Crippen molar-refractivity contribution in [2.24, 2.45) is 0 Å². The van der Waals surface area contributed by atoms with E-state index in [9.17, 15) is 14.4 Å². The Bertz CT molecular complexity index is 995. The summed E-state index contributed by atoms with van der Waals surface area (Å²) in [4.78, 5) is 47.5. The van der Waals surface area contributed by atoms with Crippen LogP contribution in [0.2, 0.25) is 0 Å². The first-order chi connectivity index (χ1) is 13.6. The Labute approximate surface area is 168 Å². The smallest absolute Gasteiger partial charge is 0.410 e. The molecular formula is C20H26N4O5. The van der Waals surface area contributed by atoms with Crippen LogP contribution < -0.4 is 10.5 Å². The number of piperazine rings is 1.